The number of carbonyl (C=O) groups excluding carboxylic acids is 1. The van der Waals surface area contributed by atoms with E-state index in [1.807, 2.05) is 55.8 Å². The van der Waals surface area contributed by atoms with Gasteiger partial charge in [-0.1, -0.05) is 23.9 Å². The molecule has 170 valence electrons. The fourth-order valence-electron chi connectivity index (χ4n) is 4.20. The highest BCUT2D eigenvalue weighted by Gasteiger charge is 2.18. The maximum absolute atomic E-state index is 13.2. The zero-order chi connectivity index (χ0) is 22.7. The number of hydrogen-bond donors (Lipinski definition) is 1. The number of nitrogens with zero attached hydrogens (tertiary/aromatic N) is 3. The highest BCUT2D eigenvalue weighted by atomic mass is 32.2. The van der Waals surface area contributed by atoms with Crippen molar-refractivity contribution in [2.45, 2.75) is 32.0 Å². The monoisotopic (exact) mass is 455 g/mol. The number of morpholine rings is 1. The van der Waals surface area contributed by atoms with E-state index < -0.39 is 0 Å². The van der Waals surface area contributed by atoms with Crippen LogP contribution in [0.25, 0.3) is 10.9 Å². The van der Waals surface area contributed by atoms with Crippen molar-refractivity contribution in [2.24, 2.45) is 7.05 Å². The Morgan fingerprint density at radius 1 is 1.22 bits per heavy atom. The third-order valence-electron chi connectivity index (χ3n) is 6.35. The number of para-hydroxylation sites is 1. The maximum atomic E-state index is 13.2. The molecule has 0 unspecified atom stereocenters. The first-order valence-electron chi connectivity index (χ1n) is 11.2. The molecule has 1 N–H and O–H groups in total. The lowest BCUT2D eigenvalue weighted by Gasteiger charge is -2.24. The van der Waals surface area contributed by atoms with Crippen molar-refractivity contribution in [1.29, 1.82) is 0 Å². The molecule has 0 saturated carbocycles. The van der Waals surface area contributed by atoms with E-state index in [2.05, 4.69) is 0 Å². The molecule has 8 heteroatoms. The number of Topliss-reactive ketones (excluding diaryl/α,β-unsaturated/α-hetero) is 1. The second-order valence-electron chi connectivity index (χ2n) is 8.39. The standard InChI is InChI=1S/C24H30N4O3S/c1-17-15-20(18(2)26(17)3)22(29)16-32-24-25-21-8-5-4-7-19(21)23(30)28(24)10-6-9-27-11-13-31-14-12-27/h4-5,7-8,15H,6,9-14,16H2,1-3H3/p+1. The van der Waals surface area contributed by atoms with Crippen LogP contribution < -0.4 is 10.5 Å². The summed E-state index contributed by atoms with van der Waals surface area (Å²) in [5.74, 6) is 0.312. The Morgan fingerprint density at radius 3 is 2.69 bits per heavy atom. The molecule has 2 aromatic heterocycles. The number of ketones is 1. The SMILES string of the molecule is Cc1cc(C(=O)CSc2nc3ccccc3c(=O)n2CCC[NH+]2CCOCC2)c(C)n1C. The van der Waals surface area contributed by atoms with Gasteiger partial charge >= 0.3 is 0 Å². The van der Waals surface area contributed by atoms with E-state index in [4.69, 9.17) is 9.72 Å². The molecule has 0 atom stereocenters. The molecule has 0 amide bonds. The average Bonchev–Trinajstić information content (AvgIpc) is 3.07. The number of nitrogens with one attached hydrogen (secondary N) is 1. The zero-order valence-electron chi connectivity index (χ0n) is 19.0. The van der Waals surface area contributed by atoms with Gasteiger partial charge in [-0.2, -0.15) is 0 Å². The van der Waals surface area contributed by atoms with Crippen LogP contribution in [0.15, 0.2) is 40.3 Å². The molecule has 7 nitrogen and oxygen atoms in total. The van der Waals surface area contributed by atoms with E-state index in [0.29, 0.717) is 22.6 Å². The normalized spacial score (nSPS) is 14.8. The van der Waals surface area contributed by atoms with Crippen LogP contribution in [0.2, 0.25) is 0 Å². The van der Waals surface area contributed by atoms with Gasteiger partial charge in [0.2, 0.25) is 0 Å². The van der Waals surface area contributed by atoms with Gasteiger partial charge in [0, 0.05) is 37.0 Å². The number of quaternary nitrogens is 1. The zero-order valence-corrected chi connectivity index (χ0v) is 19.8. The molecule has 1 saturated heterocycles. The van der Waals surface area contributed by atoms with Gasteiger partial charge in [-0.3, -0.25) is 14.2 Å². The minimum Gasteiger partial charge on any atom is -0.370 e. The molecule has 3 aromatic rings. The van der Waals surface area contributed by atoms with Crippen LogP contribution >= 0.6 is 11.8 Å². The van der Waals surface area contributed by atoms with Crippen molar-refractivity contribution in [3.63, 3.8) is 0 Å². The molecule has 1 aliphatic rings. The fraction of sp³-hybridized carbons (Fsp3) is 0.458. The first kappa shape index (κ1) is 22.8. The summed E-state index contributed by atoms with van der Waals surface area (Å²) in [4.78, 5) is 32.4. The Balaban J connectivity index is 1.54. The number of hydrogen-bond acceptors (Lipinski definition) is 5. The minimum absolute atomic E-state index is 0.0331. The van der Waals surface area contributed by atoms with E-state index in [9.17, 15) is 9.59 Å². The van der Waals surface area contributed by atoms with Crippen molar-refractivity contribution in [2.75, 3.05) is 38.6 Å². The first-order valence-corrected chi connectivity index (χ1v) is 12.1. The second-order valence-corrected chi connectivity index (χ2v) is 9.33. The summed E-state index contributed by atoms with van der Waals surface area (Å²) in [6, 6.07) is 9.37. The quantitative estimate of drug-likeness (QED) is 0.318. The van der Waals surface area contributed by atoms with Crippen molar-refractivity contribution < 1.29 is 14.4 Å². The summed E-state index contributed by atoms with van der Waals surface area (Å²) in [7, 11) is 1.97. The highest BCUT2D eigenvalue weighted by Crippen LogP contribution is 2.21. The van der Waals surface area contributed by atoms with Gasteiger partial charge < -0.3 is 14.2 Å². The van der Waals surface area contributed by atoms with E-state index in [-0.39, 0.29) is 17.1 Å². The lowest BCUT2D eigenvalue weighted by Crippen LogP contribution is -3.14. The summed E-state index contributed by atoms with van der Waals surface area (Å²) in [5, 5.41) is 1.24. The molecule has 1 aromatic carbocycles. The van der Waals surface area contributed by atoms with E-state index in [1.165, 1.54) is 16.7 Å². The second kappa shape index (κ2) is 10.0. The molecule has 3 heterocycles. The Hall–Kier alpha value is -2.42. The summed E-state index contributed by atoms with van der Waals surface area (Å²) in [6.07, 6.45) is 0.883. The van der Waals surface area contributed by atoms with E-state index in [0.717, 1.165) is 56.2 Å². The van der Waals surface area contributed by atoms with E-state index in [1.54, 1.807) is 4.57 Å². The van der Waals surface area contributed by atoms with Crippen LogP contribution in [-0.4, -0.2) is 58.5 Å². The van der Waals surface area contributed by atoms with Gasteiger partial charge in [-0.05, 0) is 32.0 Å². The number of benzene rings is 1. The molecule has 0 bridgehead atoms. The lowest BCUT2D eigenvalue weighted by molar-refractivity contribution is -0.908. The minimum atomic E-state index is -0.0331. The number of aryl methyl sites for hydroxylation is 1. The van der Waals surface area contributed by atoms with Gasteiger partial charge in [-0.15, -0.1) is 0 Å². The van der Waals surface area contributed by atoms with Crippen molar-refractivity contribution in [3.8, 4) is 0 Å². The number of fused-ring (bicyclic) bond motifs is 1. The van der Waals surface area contributed by atoms with Crippen molar-refractivity contribution in [1.82, 2.24) is 14.1 Å². The molecular weight excluding hydrogens is 424 g/mol. The average molecular weight is 456 g/mol. The summed E-state index contributed by atoms with van der Waals surface area (Å²) < 4.78 is 9.21. The molecular formula is C24H31N4O3S+. The van der Waals surface area contributed by atoms with Crippen molar-refractivity contribution in [3.05, 3.63) is 57.6 Å². The number of carbonyl (C=O) groups is 1. The number of ether oxygens (including phenoxy) is 1. The Morgan fingerprint density at radius 2 is 1.97 bits per heavy atom. The number of aromatic nitrogens is 3. The molecule has 0 aliphatic carbocycles. The van der Waals surface area contributed by atoms with Crippen LogP contribution in [0.1, 0.15) is 28.2 Å². The summed E-state index contributed by atoms with van der Waals surface area (Å²) in [5.41, 5.74) is 3.40. The Kier molecular flexibility index (Phi) is 7.13. The van der Waals surface area contributed by atoms with Gasteiger partial charge in [0.1, 0.15) is 13.1 Å². The third kappa shape index (κ3) is 4.82. The Labute approximate surface area is 192 Å². The lowest BCUT2D eigenvalue weighted by atomic mass is 10.2. The van der Waals surface area contributed by atoms with Gasteiger partial charge in [0.15, 0.2) is 10.9 Å². The topological polar surface area (TPSA) is 70.6 Å². The van der Waals surface area contributed by atoms with Gasteiger partial charge in [0.05, 0.1) is 36.4 Å². The Bertz CT molecular complexity index is 1180. The smallest absolute Gasteiger partial charge is 0.262 e. The van der Waals surface area contributed by atoms with Crippen LogP contribution in [0.3, 0.4) is 0 Å². The molecule has 0 spiro atoms. The molecule has 1 aliphatic heterocycles. The molecule has 1 fully saturated rings. The maximum Gasteiger partial charge on any atom is 0.262 e. The highest BCUT2D eigenvalue weighted by molar-refractivity contribution is 7.99. The van der Waals surface area contributed by atoms with E-state index >= 15 is 0 Å². The van der Waals surface area contributed by atoms with Crippen LogP contribution in [0.5, 0.6) is 0 Å². The predicted molar refractivity (Wildman–Crippen MR) is 127 cm³/mol. The third-order valence-corrected chi connectivity index (χ3v) is 7.32. The van der Waals surface area contributed by atoms with Crippen LogP contribution in [-0.2, 0) is 18.3 Å². The summed E-state index contributed by atoms with van der Waals surface area (Å²) >= 11 is 1.36. The summed E-state index contributed by atoms with van der Waals surface area (Å²) in [6.45, 7) is 9.17. The largest absolute Gasteiger partial charge is 0.370 e. The van der Waals surface area contributed by atoms with Crippen LogP contribution in [0, 0.1) is 13.8 Å². The number of thioether (sulfide) groups is 1. The fourth-order valence-corrected chi connectivity index (χ4v) is 5.11. The van der Waals surface area contributed by atoms with Gasteiger partial charge in [0.25, 0.3) is 5.56 Å². The first-order chi connectivity index (χ1) is 15.5. The predicted octanol–water partition coefficient (Wildman–Crippen LogP) is 1.63. The molecule has 0 radical (unpaired) electrons. The van der Waals surface area contributed by atoms with Crippen LogP contribution in [0.4, 0.5) is 0 Å². The van der Waals surface area contributed by atoms with Crippen molar-refractivity contribution >= 4 is 28.4 Å². The number of rotatable bonds is 8. The molecule has 32 heavy (non-hydrogen) atoms. The van der Waals surface area contributed by atoms with Gasteiger partial charge in [-0.25, -0.2) is 4.98 Å². The molecule has 4 rings (SSSR count).